The molecular weight excluding hydrogens is 367 g/mol. The van der Waals surface area contributed by atoms with Gasteiger partial charge in [0.05, 0.1) is 23.1 Å². The van der Waals surface area contributed by atoms with E-state index in [9.17, 15) is 9.59 Å². The zero-order valence-electron chi connectivity index (χ0n) is 14.1. The zero-order valence-corrected chi connectivity index (χ0v) is 15.6. The number of aliphatic carboxylic acids is 1. The first-order valence-corrected chi connectivity index (χ1v) is 8.94. The van der Waals surface area contributed by atoms with Gasteiger partial charge in [-0.2, -0.15) is 0 Å². The summed E-state index contributed by atoms with van der Waals surface area (Å²) in [5.74, 6) is -0.310. The van der Waals surface area contributed by atoms with E-state index in [1.54, 1.807) is 22.1 Å². The Labute approximate surface area is 157 Å². The van der Waals surface area contributed by atoms with Crippen LogP contribution < -0.4 is 4.90 Å². The fourth-order valence-corrected chi connectivity index (χ4v) is 3.32. The number of carbonyl (C=O) groups excluding carboxylic acids is 1. The van der Waals surface area contributed by atoms with Gasteiger partial charge in [0.1, 0.15) is 5.82 Å². The van der Waals surface area contributed by atoms with Gasteiger partial charge in [-0.1, -0.05) is 30.1 Å². The number of halogens is 2. The summed E-state index contributed by atoms with van der Waals surface area (Å²) in [4.78, 5) is 33.0. The second kappa shape index (κ2) is 9.22. The largest absolute Gasteiger partial charge is 0.480 e. The van der Waals surface area contributed by atoms with E-state index >= 15 is 0 Å². The SMILES string of the molecule is CCCN(CC(=O)O)CC(=O)N1CCN(c2ncc(Cl)cc2Cl)CC1. The normalized spacial score (nSPS) is 14.9. The van der Waals surface area contributed by atoms with Crippen LogP contribution in [0.25, 0.3) is 0 Å². The lowest BCUT2D eigenvalue weighted by molar-refractivity contribution is -0.139. The molecule has 1 N–H and O–H groups in total. The van der Waals surface area contributed by atoms with E-state index < -0.39 is 5.97 Å². The fraction of sp³-hybridized carbons (Fsp3) is 0.562. The maximum absolute atomic E-state index is 12.4. The van der Waals surface area contributed by atoms with Gasteiger partial charge in [0, 0.05) is 32.4 Å². The molecule has 1 aliphatic rings. The first-order chi connectivity index (χ1) is 11.9. The minimum absolute atomic E-state index is 0.0514. The van der Waals surface area contributed by atoms with Crippen LogP contribution in [0, 0.1) is 0 Å². The molecule has 0 spiro atoms. The Morgan fingerprint density at radius 3 is 2.48 bits per heavy atom. The lowest BCUT2D eigenvalue weighted by Crippen LogP contribution is -2.52. The molecule has 1 aromatic heterocycles. The highest BCUT2D eigenvalue weighted by molar-refractivity contribution is 6.36. The van der Waals surface area contributed by atoms with Crippen LogP contribution >= 0.6 is 23.2 Å². The Balaban J connectivity index is 1.90. The third-order valence-corrected chi connectivity index (χ3v) is 4.46. The summed E-state index contributed by atoms with van der Waals surface area (Å²) in [5.41, 5.74) is 0. The van der Waals surface area contributed by atoms with Crippen LogP contribution in [0.1, 0.15) is 13.3 Å². The fourth-order valence-electron chi connectivity index (χ4n) is 2.82. The maximum Gasteiger partial charge on any atom is 0.317 e. The number of carboxylic acids is 1. The average molecular weight is 389 g/mol. The van der Waals surface area contributed by atoms with Gasteiger partial charge < -0.3 is 14.9 Å². The molecule has 1 saturated heterocycles. The number of amides is 1. The maximum atomic E-state index is 12.4. The van der Waals surface area contributed by atoms with Gasteiger partial charge in [0.25, 0.3) is 0 Å². The molecule has 0 unspecified atom stereocenters. The smallest absolute Gasteiger partial charge is 0.317 e. The second-order valence-electron chi connectivity index (χ2n) is 5.93. The van der Waals surface area contributed by atoms with Crippen molar-refractivity contribution in [3.05, 3.63) is 22.3 Å². The van der Waals surface area contributed by atoms with Gasteiger partial charge >= 0.3 is 5.97 Å². The van der Waals surface area contributed by atoms with E-state index in [0.29, 0.717) is 48.6 Å². The molecule has 9 heteroatoms. The predicted molar refractivity (Wildman–Crippen MR) is 97.4 cm³/mol. The number of aromatic nitrogens is 1. The number of piperazine rings is 1. The van der Waals surface area contributed by atoms with E-state index in [-0.39, 0.29) is 19.0 Å². The first-order valence-electron chi connectivity index (χ1n) is 8.18. The number of hydrogen-bond donors (Lipinski definition) is 1. The van der Waals surface area contributed by atoms with E-state index in [1.165, 1.54) is 0 Å². The highest BCUT2D eigenvalue weighted by Gasteiger charge is 2.24. The van der Waals surface area contributed by atoms with Gasteiger partial charge in [-0.15, -0.1) is 0 Å². The Hall–Kier alpha value is -1.57. The number of carboxylic acid groups (broad SMARTS) is 1. The summed E-state index contributed by atoms with van der Waals surface area (Å²) in [6, 6.07) is 1.65. The highest BCUT2D eigenvalue weighted by atomic mass is 35.5. The minimum atomic E-state index is -0.922. The molecule has 0 saturated carbocycles. The third kappa shape index (κ3) is 5.73. The van der Waals surface area contributed by atoms with Gasteiger partial charge in [-0.05, 0) is 19.0 Å². The van der Waals surface area contributed by atoms with Crippen molar-refractivity contribution in [1.29, 1.82) is 0 Å². The summed E-state index contributed by atoms with van der Waals surface area (Å²) in [5, 5.41) is 9.91. The Bertz CT molecular complexity index is 621. The molecule has 0 aliphatic carbocycles. The standard InChI is InChI=1S/C16H22Cl2N4O3/c1-2-3-20(11-15(24)25)10-14(23)21-4-6-22(7-5-21)16-13(18)8-12(17)9-19-16/h8-9H,2-7,10-11H2,1H3,(H,24,25). The van der Waals surface area contributed by atoms with Crippen molar-refractivity contribution in [2.45, 2.75) is 13.3 Å². The van der Waals surface area contributed by atoms with E-state index in [1.807, 2.05) is 11.8 Å². The van der Waals surface area contributed by atoms with Crippen molar-refractivity contribution in [1.82, 2.24) is 14.8 Å². The molecule has 138 valence electrons. The van der Waals surface area contributed by atoms with Crippen LogP contribution in [0.4, 0.5) is 5.82 Å². The van der Waals surface area contributed by atoms with Gasteiger partial charge in [-0.3, -0.25) is 14.5 Å². The van der Waals surface area contributed by atoms with Gasteiger partial charge in [0.2, 0.25) is 5.91 Å². The minimum Gasteiger partial charge on any atom is -0.480 e. The topological polar surface area (TPSA) is 77.0 Å². The lowest BCUT2D eigenvalue weighted by atomic mass is 10.3. The van der Waals surface area contributed by atoms with Crippen molar-refractivity contribution in [3.63, 3.8) is 0 Å². The molecule has 0 aromatic carbocycles. The molecule has 0 atom stereocenters. The molecule has 1 fully saturated rings. The number of anilines is 1. The Morgan fingerprint density at radius 2 is 1.92 bits per heavy atom. The van der Waals surface area contributed by atoms with Crippen LogP contribution in [-0.2, 0) is 9.59 Å². The predicted octanol–water partition coefficient (Wildman–Crippen LogP) is 1.83. The summed E-state index contributed by atoms with van der Waals surface area (Å²) >= 11 is 12.0. The van der Waals surface area contributed by atoms with Crippen molar-refractivity contribution < 1.29 is 14.7 Å². The molecular formula is C16H22Cl2N4O3. The monoisotopic (exact) mass is 388 g/mol. The summed E-state index contributed by atoms with van der Waals surface area (Å²) in [7, 11) is 0. The van der Waals surface area contributed by atoms with Crippen LogP contribution in [0.5, 0.6) is 0 Å². The molecule has 0 radical (unpaired) electrons. The van der Waals surface area contributed by atoms with E-state index in [2.05, 4.69) is 4.98 Å². The Morgan fingerprint density at radius 1 is 1.24 bits per heavy atom. The zero-order chi connectivity index (χ0) is 18.4. The number of pyridine rings is 1. The lowest BCUT2D eigenvalue weighted by Gasteiger charge is -2.36. The summed E-state index contributed by atoms with van der Waals surface area (Å²) in [6.07, 6.45) is 2.35. The molecule has 2 rings (SSSR count). The van der Waals surface area contributed by atoms with Crippen molar-refractivity contribution in [2.24, 2.45) is 0 Å². The third-order valence-electron chi connectivity index (χ3n) is 3.98. The summed E-state index contributed by atoms with van der Waals surface area (Å²) < 4.78 is 0. The molecule has 1 amide bonds. The average Bonchev–Trinajstić information content (AvgIpc) is 2.54. The second-order valence-corrected chi connectivity index (χ2v) is 6.77. The number of hydrogen-bond acceptors (Lipinski definition) is 5. The molecule has 2 heterocycles. The van der Waals surface area contributed by atoms with Gasteiger partial charge in [-0.25, -0.2) is 4.98 Å². The van der Waals surface area contributed by atoms with Crippen LogP contribution in [0.2, 0.25) is 10.0 Å². The molecule has 7 nitrogen and oxygen atoms in total. The summed E-state index contributed by atoms with van der Waals surface area (Å²) in [6.45, 7) is 4.88. The van der Waals surface area contributed by atoms with E-state index in [0.717, 1.165) is 6.42 Å². The van der Waals surface area contributed by atoms with Crippen molar-refractivity contribution in [3.8, 4) is 0 Å². The van der Waals surface area contributed by atoms with Gasteiger partial charge in [0.15, 0.2) is 0 Å². The first kappa shape index (κ1) is 19.8. The van der Waals surface area contributed by atoms with Crippen molar-refractivity contribution in [2.75, 3.05) is 50.7 Å². The van der Waals surface area contributed by atoms with Crippen LogP contribution in [0.3, 0.4) is 0 Å². The molecule has 0 bridgehead atoms. The van der Waals surface area contributed by atoms with Crippen LogP contribution in [-0.4, -0.2) is 77.6 Å². The van der Waals surface area contributed by atoms with Crippen LogP contribution in [0.15, 0.2) is 12.3 Å². The molecule has 1 aliphatic heterocycles. The Kier molecular flexibility index (Phi) is 7.28. The van der Waals surface area contributed by atoms with Crippen molar-refractivity contribution >= 4 is 40.9 Å². The highest BCUT2D eigenvalue weighted by Crippen LogP contribution is 2.26. The molecule has 1 aromatic rings. The molecule has 25 heavy (non-hydrogen) atoms. The van der Waals surface area contributed by atoms with E-state index in [4.69, 9.17) is 28.3 Å². The quantitative estimate of drug-likeness (QED) is 0.767. The number of nitrogens with zero attached hydrogens (tertiary/aromatic N) is 4. The number of rotatable bonds is 7. The number of carbonyl (C=O) groups is 2.